The Morgan fingerprint density at radius 1 is 1.00 bits per heavy atom. The minimum atomic E-state index is 0.276. The number of hydrogen-bond acceptors (Lipinski definition) is 2. The Labute approximate surface area is 131 Å². The summed E-state index contributed by atoms with van der Waals surface area (Å²) in [4.78, 5) is 13.2. The van der Waals surface area contributed by atoms with E-state index < -0.39 is 0 Å². The maximum Gasteiger partial charge on any atom is 0.147 e. The molecule has 0 aromatic heterocycles. The molecule has 0 bridgehead atoms. The normalized spacial score (nSPS) is 10.9. The molecule has 110 valence electrons. The van der Waals surface area contributed by atoms with Crippen molar-refractivity contribution in [2.45, 2.75) is 38.0 Å². The Morgan fingerprint density at radius 3 is 2.19 bits per heavy atom. The predicted octanol–water partition coefficient (Wildman–Crippen LogP) is 5.02. The Hall–Kier alpha value is -1.54. The van der Waals surface area contributed by atoms with Crippen LogP contribution in [0.4, 0.5) is 0 Å². The van der Waals surface area contributed by atoms with Crippen LogP contribution in [0.15, 0.2) is 53.4 Å². The average molecular weight is 298 g/mol. The monoisotopic (exact) mass is 298 g/mol. The molecule has 21 heavy (non-hydrogen) atoms. The van der Waals surface area contributed by atoms with Gasteiger partial charge in [-0.25, -0.2) is 0 Å². The Balaban J connectivity index is 1.85. The van der Waals surface area contributed by atoms with E-state index in [0.717, 1.165) is 10.5 Å². The van der Waals surface area contributed by atoms with E-state index in [1.165, 1.54) is 11.1 Å². The molecule has 0 saturated carbocycles. The summed E-state index contributed by atoms with van der Waals surface area (Å²) in [7, 11) is 0. The Bertz CT molecular complexity index is 582. The molecule has 1 nitrogen and oxygen atoms in total. The standard InChI is InChI=1S/C19H22OS/c1-14(2)17-8-6-16(7-9-17)12-18(20)13-21-19-10-4-15(3)5-11-19/h4-11,14H,12-13H2,1-3H3. The van der Waals surface area contributed by atoms with Crippen LogP contribution in [0, 0.1) is 6.92 Å². The number of carbonyl (C=O) groups is 1. The van der Waals surface area contributed by atoms with Crippen LogP contribution in [-0.2, 0) is 11.2 Å². The molecule has 0 aliphatic rings. The number of rotatable bonds is 6. The number of carbonyl (C=O) groups excluding carboxylic acids is 1. The maximum absolute atomic E-state index is 12.1. The Morgan fingerprint density at radius 2 is 1.62 bits per heavy atom. The lowest BCUT2D eigenvalue weighted by Crippen LogP contribution is -2.05. The predicted molar refractivity (Wildman–Crippen MR) is 91.1 cm³/mol. The summed E-state index contributed by atoms with van der Waals surface area (Å²) >= 11 is 1.61. The average Bonchev–Trinajstić information content (AvgIpc) is 2.47. The molecule has 0 atom stereocenters. The van der Waals surface area contributed by atoms with Crippen LogP contribution in [0.5, 0.6) is 0 Å². The van der Waals surface area contributed by atoms with Crippen molar-refractivity contribution in [2.75, 3.05) is 5.75 Å². The van der Waals surface area contributed by atoms with E-state index in [1.54, 1.807) is 11.8 Å². The van der Waals surface area contributed by atoms with Crippen LogP contribution < -0.4 is 0 Å². The highest BCUT2D eigenvalue weighted by Crippen LogP contribution is 2.19. The quantitative estimate of drug-likeness (QED) is 0.696. The maximum atomic E-state index is 12.1. The zero-order chi connectivity index (χ0) is 15.2. The number of ketones is 1. The summed E-state index contributed by atoms with van der Waals surface area (Å²) in [6.45, 7) is 6.43. The largest absolute Gasteiger partial charge is 0.298 e. The first-order chi connectivity index (χ1) is 10.0. The van der Waals surface area contributed by atoms with Gasteiger partial charge in [-0.2, -0.15) is 0 Å². The summed E-state index contributed by atoms with van der Waals surface area (Å²) in [5.41, 5.74) is 3.67. The molecule has 2 aromatic carbocycles. The van der Waals surface area contributed by atoms with Crippen LogP contribution in [-0.4, -0.2) is 11.5 Å². The third-order valence-electron chi connectivity index (χ3n) is 3.47. The smallest absolute Gasteiger partial charge is 0.147 e. The first kappa shape index (κ1) is 15.8. The first-order valence-corrected chi connectivity index (χ1v) is 8.33. The summed E-state index contributed by atoms with van der Waals surface area (Å²) in [6.07, 6.45) is 0.525. The van der Waals surface area contributed by atoms with Gasteiger partial charge in [0.2, 0.25) is 0 Å². The fourth-order valence-corrected chi connectivity index (χ4v) is 2.86. The minimum absolute atomic E-state index is 0.276. The molecule has 2 heteroatoms. The van der Waals surface area contributed by atoms with Crippen molar-refractivity contribution in [1.82, 2.24) is 0 Å². The fraction of sp³-hybridized carbons (Fsp3) is 0.316. The Kier molecular flexibility index (Phi) is 5.63. The van der Waals surface area contributed by atoms with E-state index in [0.29, 0.717) is 18.1 Å². The lowest BCUT2D eigenvalue weighted by Gasteiger charge is -2.07. The highest BCUT2D eigenvalue weighted by molar-refractivity contribution is 8.00. The molecular weight excluding hydrogens is 276 g/mol. The van der Waals surface area contributed by atoms with Crippen molar-refractivity contribution >= 4 is 17.5 Å². The van der Waals surface area contributed by atoms with Crippen LogP contribution in [0.3, 0.4) is 0 Å². The van der Waals surface area contributed by atoms with Crippen molar-refractivity contribution < 1.29 is 4.79 Å². The summed E-state index contributed by atoms with van der Waals surface area (Å²) < 4.78 is 0. The van der Waals surface area contributed by atoms with E-state index in [1.807, 2.05) is 0 Å². The molecule has 0 heterocycles. The molecule has 0 aliphatic carbocycles. The number of Topliss-reactive ketones (excluding diaryl/α,β-unsaturated/α-hetero) is 1. The summed E-state index contributed by atoms with van der Waals surface area (Å²) in [5, 5.41) is 0. The number of benzene rings is 2. The minimum Gasteiger partial charge on any atom is -0.298 e. The van der Waals surface area contributed by atoms with Crippen LogP contribution in [0.2, 0.25) is 0 Å². The van der Waals surface area contributed by atoms with Gasteiger partial charge in [0.05, 0.1) is 5.75 Å². The SMILES string of the molecule is Cc1ccc(SCC(=O)Cc2ccc(C(C)C)cc2)cc1. The van der Waals surface area contributed by atoms with Gasteiger partial charge in [-0.1, -0.05) is 55.8 Å². The number of thioether (sulfide) groups is 1. The molecule has 0 radical (unpaired) electrons. The van der Waals surface area contributed by atoms with Crippen molar-refractivity contribution in [3.8, 4) is 0 Å². The summed E-state index contributed by atoms with van der Waals surface area (Å²) in [5.74, 6) is 1.35. The molecule has 2 rings (SSSR count). The lowest BCUT2D eigenvalue weighted by molar-refractivity contribution is -0.116. The van der Waals surface area contributed by atoms with Crippen molar-refractivity contribution in [1.29, 1.82) is 0 Å². The molecule has 2 aromatic rings. The van der Waals surface area contributed by atoms with Crippen molar-refractivity contribution in [3.05, 3.63) is 65.2 Å². The molecule has 0 unspecified atom stereocenters. The lowest BCUT2D eigenvalue weighted by atomic mass is 10.0. The third kappa shape index (κ3) is 5.05. The van der Waals surface area contributed by atoms with Gasteiger partial charge < -0.3 is 0 Å². The van der Waals surface area contributed by atoms with Gasteiger partial charge >= 0.3 is 0 Å². The van der Waals surface area contributed by atoms with E-state index in [2.05, 4.69) is 69.3 Å². The highest BCUT2D eigenvalue weighted by atomic mass is 32.2. The second-order valence-electron chi connectivity index (χ2n) is 5.71. The van der Waals surface area contributed by atoms with Crippen molar-refractivity contribution in [2.24, 2.45) is 0 Å². The zero-order valence-corrected chi connectivity index (χ0v) is 13.7. The van der Waals surface area contributed by atoms with Gasteiger partial charge in [0.1, 0.15) is 5.78 Å². The fourth-order valence-electron chi connectivity index (χ4n) is 2.10. The first-order valence-electron chi connectivity index (χ1n) is 7.34. The number of aryl methyl sites for hydroxylation is 1. The molecule has 0 amide bonds. The molecular formula is C19H22OS. The zero-order valence-electron chi connectivity index (χ0n) is 12.9. The van der Waals surface area contributed by atoms with Crippen LogP contribution >= 0.6 is 11.8 Å². The van der Waals surface area contributed by atoms with E-state index in [-0.39, 0.29) is 5.78 Å². The van der Waals surface area contributed by atoms with Gasteiger partial charge in [0.15, 0.2) is 0 Å². The van der Waals surface area contributed by atoms with Gasteiger partial charge in [0, 0.05) is 11.3 Å². The van der Waals surface area contributed by atoms with E-state index >= 15 is 0 Å². The summed E-state index contributed by atoms with van der Waals surface area (Å²) in [6, 6.07) is 16.7. The van der Waals surface area contributed by atoms with Crippen LogP contribution in [0.1, 0.15) is 36.5 Å². The molecule has 0 fully saturated rings. The second kappa shape index (κ2) is 7.46. The molecule has 0 aliphatic heterocycles. The van der Waals surface area contributed by atoms with E-state index in [4.69, 9.17) is 0 Å². The van der Waals surface area contributed by atoms with Crippen LogP contribution in [0.25, 0.3) is 0 Å². The van der Waals surface area contributed by atoms with Gasteiger partial charge in [0.25, 0.3) is 0 Å². The van der Waals surface area contributed by atoms with Crippen molar-refractivity contribution in [3.63, 3.8) is 0 Å². The van der Waals surface area contributed by atoms with Gasteiger partial charge in [-0.05, 0) is 36.1 Å². The third-order valence-corrected chi connectivity index (χ3v) is 4.54. The molecule has 0 N–H and O–H groups in total. The molecule has 0 spiro atoms. The highest BCUT2D eigenvalue weighted by Gasteiger charge is 2.06. The van der Waals surface area contributed by atoms with E-state index in [9.17, 15) is 4.79 Å². The topological polar surface area (TPSA) is 17.1 Å². The number of hydrogen-bond donors (Lipinski definition) is 0. The van der Waals surface area contributed by atoms with Gasteiger partial charge in [-0.15, -0.1) is 11.8 Å². The van der Waals surface area contributed by atoms with Gasteiger partial charge in [-0.3, -0.25) is 4.79 Å². The second-order valence-corrected chi connectivity index (χ2v) is 6.76. The molecule has 0 saturated heterocycles.